The number of rotatable bonds is 4. The van der Waals surface area contributed by atoms with Gasteiger partial charge in [0.25, 0.3) is 5.91 Å². The van der Waals surface area contributed by atoms with Crippen molar-refractivity contribution in [2.24, 2.45) is 0 Å². The predicted octanol–water partition coefficient (Wildman–Crippen LogP) is -3.34. The van der Waals surface area contributed by atoms with Crippen LogP contribution in [0.15, 0.2) is 0 Å². The van der Waals surface area contributed by atoms with Gasteiger partial charge in [-0.3, -0.25) is 10.0 Å². The summed E-state index contributed by atoms with van der Waals surface area (Å²) in [5.41, 5.74) is 0.986. The summed E-state index contributed by atoms with van der Waals surface area (Å²) in [6.45, 7) is 0. The van der Waals surface area contributed by atoms with Crippen molar-refractivity contribution in [2.45, 2.75) is 18.3 Å². The first-order valence-electron chi connectivity index (χ1n) is 3.12. The lowest BCUT2D eigenvalue weighted by Gasteiger charge is -2.17. The van der Waals surface area contributed by atoms with Crippen molar-refractivity contribution in [1.82, 2.24) is 5.48 Å². The van der Waals surface area contributed by atoms with Crippen molar-refractivity contribution in [3.05, 3.63) is 0 Å². The van der Waals surface area contributed by atoms with Gasteiger partial charge in [0.1, 0.15) is 6.10 Å². The molecule has 0 radical (unpaired) electrons. The highest BCUT2D eigenvalue weighted by Gasteiger charge is 2.34. The number of hydrogen-bond donors (Lipinski definition) is 6. The molecule has 13 heavy (non-hydrogen) atoms. The van der Waals surface area contributed by atoms with Crippen LogP contribution in [0.2, 0.25) is 0 Å². The van der Waals surface area contributed by atoms with Crippen molar-refractivity contribution in [2.75, 3.05) is 0 Å². The van der Waals surface area contributed by atoms with Crippen LogP contribution < -0.4 is 5.48 Å². The van der Waals surface area contributed by atoms with E-state index in [4.69, 9.17) is 25.6 Å². The minimum Gasteiger partial charge on any atom is -0.479 e. The van der Waals surface area contributed by atoms with E-state index in [1.54, 1.807) is 0 Å². The van der Waals surface area contributed by atoms with Gasteiger partial charge in [0.05, 0.1) is 0 Å². The number of aliphatic hydroxyl groups is 3. The van der Waals surface area contributed by atoms with Crippen LogP contribution in [0.4, 0.5) is 0 Å². The van der Waals surface area contributed by atoms with E-state index in [1.165, 1.54) is 0 Å². The number of hydrogen-bond acceptors (Lipinski definition) is 6. The smallest absolute Gasteiger partial charge is 0.335 e. The fraction of sp³-hybridized carbons (Fsp3) is 0.600. The second-order valence-corrected chi connectivity index (χ2v) is 2.19. The molecule has 0 saturated carbocycles. The number of hydroxylamine groups is 1. The van der Waals surface area contributed by atoms with Crippen molar-refractivity contribution in [3.63, 3.8) is 0 Å². The summed E-state index contributed by atoms with van der Waals surface area (Å²) in [6, 6.07) is 0. The van der Waals surface area contributed by atoms with Gasteiger partial charge in [-0.2, -0.15) is 0 Å². The van der Waals surface area contributed by atoms with Gasteiger partial charge < -0.3 is 20.4 Å². The van der Waals surface area contributed by atoms with Crippen molar-refractivity contribution >= 4 is 11.9 Å². The molecule has 0 aliphatic carbocycles. The molecule has 8 nitrogen and oxygen atoms in total. The number of amides is 1. The Hall–Kier alpha value is -1.22. The zero-order valence-electron chi connectivity index (χ0n) is 6.28. The van der Waals surface area contributed by atoms with E-state index in [1.807, 2.05) is 0 Å². The second-order valence-electron chi connectivity index (χ2n) is 2.19. The van der Waals surface area contributed by atoms with Crippen molar-refractivity contribution in [1.29, 1.82) is 0 Å². The van der Waals surface area contributed by atoms with Crippen LogP contribution in [0.3, 0.4) is 0 Å². The number of carboxylic acid groups (broad SMARTS) is 1. The minimum atomic E-state index is -2.30. The van der Waals surface area contributed by atoms with Crippen molar-refractivity contribution < 1.29 is 35.2 Å². The molecule has 0 spiro atoms. The highest BCUT2D eigenvalue weighted by molar-refractivity contribution is 5.82. The lowest BCUT2D eigenvalue weighted by Crippen LogP contribution is -2.49. The molecule has 8 heteroatoms. The molecule has 0 unspecified atom stereocenters. The lowest BCUT2D eigenvalue weighted by atomic mass is 10.1. The van der Waals surface area contributed by atoms with Crippen LogP contribution in [-0.2, 0) is 9.59 Å². The zero-order chi connectivity index (χ0) is 10.6. The molecular weight excluding hydrogens is 186 g/mol. The average molecular weight is 195 g/mol. The highest BCUT2D eigenvalue weighted by atomic mass is 16.5. The van der Waals surface area contributed by atoms with Crippen molar-refractivity contribution in [3.8, 4) is 0 Å². The van der Waals surface area contributed by atoms with Gasteiger partial charge in [-0.1, -0.05) is 0 Å². The third-order valence-electron chi connectivity index (χ3n) is 1.28. The molecular formula is C5H9NO7. The summed E-state index contributed by atoms with van der Waals surface area (Å²) >= 11 is 0. The first kappa shape index (κ1) is 11.8. The largest absolute Gasteiger partial charge is 0.479 e. The Morgan fingerprint density at radius 2 is 1.54 bits per heavy atom. The molecule has 0 rings (SSSR count). The summed E-state index contributed by atoms with van der Waals surface area (Å²) in [7, 11) is 0. The SMILES string of the molecule is O=C(O)[C@@H](O)[C@H](O)[C@@H](O)C(=O)NO. The van der Waals surface area contributed by atoms with Gasteiger partial charge >= 0.3 is 5.97 Å². The lowest BCUT2D eigenvalue weighted by molar-refractivity contribution is -0.163. The fourth-order valence-corrected chi connectivity index (χ4v) is 0.540. The predicted molar refractivity (Wildman–Crippen MR) is 35.6 cm³/mol. The number of aliphatic hydroxyl groups excluding tert-OH is 3. The monoisotopic (exact) mass is 195 g/mol. The first-order chi connectivity index (χ1) is 5.91. The Bertz CT molecular complexity index is 205. The number of carbonyl (C=O) groups is 2. The summed E-state index contributed by atoms with van der Waals surface area (Å²) in [6.07, 6.45) is -6.71. The quantitative estimate of drug-likeness (QED) is 0.203. The van der Waals surface area contributed by atoms with Crippen LogP contribution in [0.1, 0.15) is 0 Å². The van der Waals surface area contributed by atoms with E-state index in [0.29, 0.717) is 0 Å². The maximum Gasteiger partial charge on any atom is 0.335 e. The van der Waals surface area contributed by atoms with Crippen LogP contribution in [0, 0.1) is 0 Å². The van der Waals surface area contributed by atoms with Gasteiger partial charge in [0.2, 0.25) is 0 Å². The van der Waals surface area contributed by atoms with E-state index in [-0.39, 0.29) is 0 Å². The molecule has 0 aromatic carbocycles. The van der Waals surface area contributed by atoms with Crippen LogP contribution in [0.5, 0.6) is 0 Å². The van der Waals surface area contributed by atoms with E-state index in [9.17, 15) is 9.59 Å². The summed E-state index contributed by atoms with van der Waals surface area (Å²) in [5.74, 6) is -3.20. The summed E-state index contributed by atoms with van der Waals surface area (Å²) < 4.78 is 0. The molecule has 6 N–H and O–H groups in total. The molecule has 0 bridgehead atoms. The molecule has 76 valence electrons. The third kappa shape index (κ3) is 2.95. The molecule has 0 heterocycles. The van der Waals surface area contributed by atoms with E-state index < -0.39 is 30.2 Å². The Morgan fingerprint density at radius 1 is 1.08 bits per heavy atom. The highest BCUT2D eigenvalue weighted by Crippen LogP contribution is 2.00. The van der Waals surface area contributed by atoms with E-state index >= 15 is 0 Å². The van der Waals surface area contributed by atoms with Gasteiger partial charge in [0.15, 0.2) is 12.2 Å². The van der Waals surface area contributed by atoms with Crippen LogP contribution in [0.25, 0.3) is 0 Å². The molecule has 0 aliphatic rings. The van der Waals surface area contributed by atoms with Crippen LogP contribution >= 0.6 is 0 Å². The third-order valence-corrected chi connectivity index (χ3v) is 1.28. The molecule has 0 aliphatic heterocycles. The fourth-order valence-electron chi connectivity index (χ4n) is 0.540. The van der Waals surface area contributed by atoms with Gasteiger partial charge in [0, 0.05) is 0 Å². The molecule has 1 amide bonds. The van der Waals surface area contributed by atoms with Gasteiger partial charge in [-0.25, -0.2) is 10.3 Å². The first-order valence-corrected chi connectivity index (χ1v) is 3.12. The summed E-state index contributed by atoms with van der Waals surface area (Å²) in [5, 5.41) is 42.3. The van der Waals surface area contributed by atoms with E-state index in [2.05, 4.69) is 0 Å². The molecule has 0 saturated heterocycles. The molecule has 0 aromatic heterocycles. The number of nitrogens with one attached hydrogen (secondary N) is 1. The van der Waals surface area contributed by atoms with Gasteiger partial charge in [-0.15, -0.1) is 0 Å². The number of aliphatic carboxylic acids is 1. The Kier molecular flexibility index (Phi) is 4.28. The average Bonchev–Trinajstić information content (AvgIpc) is 2.12. The zero-order valence-corrected chi connectivity index (χ0v) is 6.28. The minimum absolute atomic E-state index is 0.986. The Morgan fingerprint density at radius 3 is 1.85 bits per heavy atom. The maximum atomic E-state index is 10.4. The number of carbonyl (C=O) groups excluding carboxylic acids is 1. The van der Waals surface area contributed by atoms with Gasteiger partial charge in [-0.05, 0) is 0 Å². The maximum absolute atomic E-state index is 10.4. The number of carboxylic acids is 1. The Balaban J connectivity index is 4.32. The molecule has 0 aromatic rings. The van der Waals surface area contributed by atoms with E-state index in [0.717, 1.165) is 5.48 Å². The Labute approximate surface area is 72.0 Å². The topological polar surface area (TPSA) is 147 Å². The standard InChI is InChI=1S/C5H9NO7/c7-1(3(9)5(11)12)2(8)4(10)6-13/h1-3,7-9,13H,(H,6,10)(H,11,12)/t1-,2-,3+/m1/s1. The summed E-state index contributed by atoms with van der Waals surface area (Å²) in [4.78, 5) is 20.4. The molecule has 0 fully saturated rings. The van der Waals surface area contributed by atoms with Crippen LogP contribution in [-0.4, -0.2) is 55.8 Å². The normalized spacial score (nSPS) is 17.2. The second kappa shape index (κ2) is 4.72. The molecule has 3 atom stereocenters.